The van der Waals surface area contributed by atoms with Crippen LogP contribution in [-0.4, -0.2) is 56.6 Å². The van der Waals surface area contributed by atoms with Crippen molar-refractivity contribution in [1.29, 1.82) is 0 Å². The molecular formula is C19H29N3O3. The van der Waals surface area contributed by atoms with Crippen LogP contribution < -0.4 is 10.2 Å². The number of carbonyl (C=O) groups is 2. The quantitative estimate of drug-likeness (QED) is 0.734. The van der Waals surface area contributed by atoms with Gasteiger partial charge in [0.15, 0.2) is 0 Å². The average Bonchev–Trinajstić information content (AvgIpc) is 2.62. The number of carbonyl (C=O) groups excluding carboxylic acids is 2. The SMILES string of the molecule is COCCCN(CC(=O)Nc1ccc(N2CCCCC2)cc1)C(C)=O. The first-order chi connectivity index (χ1) is 12.1. The molecule has 25 heavy (non-hydrogen) atoms. The van der Waals surface area contributed by atoms with Crippen LogP contribution in [0.15, 0.2) is 24.3 Å². The summed E-state index contributed by atoms with van der Waals surface area (Å²) >= 11 is 0. The van der Waals surface area contributed by atoms with E-state index in [-0.39, 0.29) is 18.4 Å². The van der Waals surface area contributed by atoms with Crippen molar-refractivity contribution < 1.29 is 14.3 Å². The number of nitrogens with zero attached hydrogens (tertiary/aromatic N) is 2. The molecule has 0 atom stereocenters. The fourth-order valence-corrected chi connectivity index (χ4v) is 3.03. The molecule has 6 nitrogen and oxygen atoms in total. The summed E-state index contributed by atoms with van der Waals surface area (Å²) in [4.78, 5) is 27.8. The Bertz CT molecular complexity index is 554. The number of benzene rings is 1. The average molecular weight is 347 g/mol. The van der Waals surface area contributed by atoms with Gasteiger partial charge in [-0.15, -0.1) is 0 Å². The third-order valence-corrected chi connectivity index (χ3v) is 4.43. The molecule has 1 aliphatic rings. The van der Waals surface area contributed by atoms with Gasteiger partial charge in [0.05, 0.1) is 6.54 Å². The van der Waals surface area contributed by atoms with E-state index in [4.69, 9.17) is 4.74 Å². The molecular weight excluding hydrogens is 318 g/mol. The Morgan fingerprint density at radius 2 is 1.84 bits per heavy atom. The predicted molar refractivity (Wildman–Crippen MR) is 99.9 cm³/mol. The van der Waals surface area contributed by atoms with Crippen molar-refractivity contribution >= 4 is 23.2 Å². The number of methoxy groups -OCH3 is 1. The summed E-state index contributed by atoms with van der Waals surface area (Å²) in [7, 11) is 1.62. The van der Waals surface area contributed by atoms with Gasteiger partial charge >= 0.3 is 0 Å². The van der Waals surface area contributed by atoms with Crippen molar-refractivity contribution in [3.05, 3.63) is 24.3 Å². The Balaban J connectivity index is 1.85. The highest BCUT2D eigenvalue weighted by molar-refractivity contribution is 5.94. The monoisotopic (exact) mass is 347 g/mol. The van der Waals surface area contributed by atoms with E-state index in [2.05, 4.69) is 10.2 Å². The van der Waals surface area contributed by atoms with Crippen LogP contribution in [0.4, 0.5) is 11.4 Å². The molecule has 6 heteroatoms. The molecule has 0 aliphatic carbocycles. The van der Waals surface area contributed by atoms with Crippen LogP contribution in [0.3, 0.4) is 0 Å². The van der Waals surface area contributed by atoms with Gasteiger partial charge in [0, 0.05) is 51.6 Å². The van der Waals surface area contributed by atoms with E-state index in [1.807, 2.05) is 24.3 Å². The number of rotatable bonds is 8. The molecule has 1 N–H and O–H groups in total. The molecule has 2 rings (SSSR count). The molecule has 138 valence electrons. The highest BCUT2D eigenvalue weighted by atomic mass is 16.5. The largest absolute Gasteiger partial charge is 0.385 e. The van der Waals surface area contributed by atoms with Crippen molar-refractivity contribution in [3.63, 3.8) is 0 Å². The highest BCUT2D eigenvalue weighted by Gasteiger charge is 2.14. The molecule has 1 aromatic rings. The lowest BCUT2D eigenvalue weighted by Gasteiger charge is -2.28. The second-order valence-electron chi connectivity index (χ2n) is 6.43. The minimum Gasteiger partial charge on any atom is -0.385 e. The van der Waals surface area contributed by atoms with E-state index in [1.54, 1.807) is 7.11 Å². The van der Waals surface area contributed by atoms with Gasteiger partial charge in [-0.1, -0.05) is 0 Å². The molecule has 0 unspecified atom stereocenters. The molecule has 2 amide bonds. The van der Waals surface area contributed by atoms with Crippen molar-refractivity contribution in [2.24, 2.45) is 0 Å². The summed E-state index contributed by atoms with van der Waals surface area (Å²) in [5, 5.41) is 2.87. The standard InChI is InChI=1S/C19H29N3O3/c1-16(23)22(13-6-14-25-2)15-19(24)20-17-7-9-18(10-8-17)21-11-4-3-5-12-21/h7-10H,3-6,11-15H2,1-2H3,(H,20,24). The Kier molecular flexibility index (Phi) is 7.73. The predicted octanol–water partition coefficient (Wildman–Crippen LogP) is 2.50. The fraction of sp³-hybridized carbons (Fsp3) is 0.579. The zero-order chi connectivity index (χ0) is 18.1. The zero-order valence-corrected chi connectivity index (χ0v) is 15.3. The van der Waals surface area contributed by atoms with E-state index in [9.17, 15) is 9.59 Å². The number of hydrogen-bond acceptors (Lipinski definition) is 4. The van der Waals surface area contributed by atoms with Crippen LogP contribution in [0.5, 0.6) is 0 Å². The number of anilines is 2. The van der Waals surface area contributed by atoms with Crippen LogP contribution in [0.25, 0.3) is 0 Å². The van der Waals surface area contributed by atoms with Crippen LogP contribution in [0, 0.1) is 0 Å². The van der Waals surface area contributed by atoms with Crippen LogP contribution in [0.2, 0.25) is 0 Å². The zero-order valence-electron chi connectivity index (χ0n) is 15.3. The van der Waals surface area contributed by atoms with Gasteiger partial charge in [0.25, 0.3) is 0 Å². The molecule has 0 saturated carbocycles. The Morgan fingerprint density at radius 1 is 1.16 bits per heavy atom. The third-order valence-electron chi connectivity index (χ3n) is 4.43. The molecule has 1 aliphatic heterocycles. The smallest absolute Gasteiger partial charge is 0.243 e. The van der Waals surface area contributed by atoms with Gasteiger partial charge < -0.3 is 19.9 Å². The molecule has 0 bridgehead atoms. The Hall–Kier alpha value is -2.08. The van der Waals surface area contributed by atoms with Crippen molar-refractivity contribution in [3.8, 4) is 0 Å². The molecule has 1 saturated heterocycles. The van der Waals surface area contributed by atoms with E-state index in [1.165, 1.54) is 36.8 Å². The van der Waals surface area contributed by atoms with Gasteiger partial charge in [0.1, 0.15) is 0 Å². The van der Waals surface area contributed by atoms with Gasteiger partial charge in [-0.3, -0.25) is 9.59 Å². The summed E-state index contributed by atoms with van der Waals surface area (Å²) in [6.45, 7) is 4.83. The maximum absolute atomic E-state index is 12.2. The molecule has 0 radical (unpaired) electrons. The number of amides is 2. The molecule has 0 spiro atoms. The highest BCUT2D eigenvalue weighted by Crippen LogP contribution is 2.21. The van der Waals surface area contributed by atoms with Crippen LogP contribution in [-0.2, 0) is 14.3 Å². The number of nitrogens with one attached hydrogen (secondary N) is 1. The van der Waals surface area contributed by atoms with E-state index in [0.717, 1.165) is 18.8 Å². The van der Waals surface area contributed by atoms with Gasteiger partial charge in [-0.25, -0.2) is 0 Å². The first-order valence-corrected chi connectivity index (χ1v) is 8.99. The maximum Gasteiger partial charge on any atom is 0.243 e. The lowest BCUT2D eigenvalue weighted by Crippen LogP contribution is -2.37. The van der Waals surface area contributed by atoms with Crippen LogP contribution in [0.1, 0.15) is 32.6 Å². The number of ether oxygens (including phenoxy) is 1. The Morgan fingerprint density at radius 3 is 2.44 bits per heavy atom. The van der Waals surface area contributed by atoms with Crippen LogP contribution >= 0.6 is 0 Å². The fourth-order valence-electron chi connectivity index (χ4n) is 3.03. The molecule has 1 fully saturated rings. The summed E-state index contributed by atoms with van der Waals surface area (Å²) in [5.74, 6) is -0.287. The number of hydrogen-bond donors (Lipinski definition) is 1. The minimum atomic E-state index is -0.182. The van der Waals surface area contributed by atoms with Crippen molar-refractivity contribution in [1.82, 2.24) is 4.90 Å². The Labute approximate surface area is 150 Å². The minimum absolute atomic E-state index is 0.0624. The third kappa shape index (κ3) is 6.38. The normalized spacial score (nSPS) is 14.2. The van der Waals surface area contributed by atoms with E-state index in [0.29, 0.717) is 19.6 Å². The number of piperidine rings is 1. The van der Waals surface area contributed by atoms with E-state index >= 15 is 0 Å². The summed E-state index contributed by atoms with van der Waals surface area (Å²) < 4.78 is 4.99. The maximum atomic E-state index is 12.2. The summed E-state index contributed by atoms with van der Waals surface area (Å²) in [5.41, 5.74) is 1.95. The topological polar surface area (TPSA) is 61.9 Å². The molecule has 1 aromatic carbocycles. The van der Waals surface area contributed by atoms with Gasteiger partial charge in [-0.05, 0) is 49.9 Å². The van der Waals surface area contributed by atoms with Crippen molar-refractivity contribution in [2.75, 3.05) is 50.1 Å². The summed E-state index contributed by atoms with van der Waals surface area (Å²) in [6.07, 6.45) is 4.50. The lowest BCUT2D eigenvalue weighted by molar-refractivity contribution is -0.132. The molecule has 0 aromatic heterocycles. The lowest BCUT2D eigenvalue weighted by atomic mass is 10.1. The molecule has 1 heterocycles. The van der Waals surface area contributed by atoms with E-state index < -0.39 is 0 Å². The second-order valence-corrected chi connectivity index (χ2v) is 6.43. The summed E-state index contributed by atoms with van der Waals surface area (Å²) in [6, 6.07) is 7.93. The van der Waals surface area contributed by atoms with Gasteiger partial charge in [0.2, 0.25) is 11.8 Å². The second kappa shape index (κ2) is 10.0. The van der Waals surface area contributed by atoms with Crippen molar-refractivity contribution in [2.45, 2.75) is 32.6 Å². The van der Waals surface area contributed by atoms with Gasteiger partial charge in [-0.2, -0.15) is 0 Å². The first kappa shape index (κ1) is 19.2. The first-order valence-electron chi connectivity index (χ1n) is 8.99.